The van der Waals surface area contributed by atoms with Crippen molar-refractivity contribution in [1.82, 2.24) is 15.6 Å². The normalized spacial score (nSPS) is 12.5. The Morgan fingerprint density at radius 2 is 1.82 bits per heavy atom. The van der Waals surface area contributed by atoms with Gasteiger partial charge in [0.2, 0.25) is 0 Å². The third-order valence-corrected chi connectivity index (χ3v) is 6.01. The van der Waals surface area contributed by atoms with Gasteiger partial charge in [-0.25, -0.2) is 14.6 Å². The predicted octanol–water partition coefficient (Wildman–Crippen LogP) is 3.58. The largest absolute Gasteiger partial charge is 0.467 e. The first-order valence-corrected chi connectivity index (χ1v) is 13.5. The minimum absolute atomic E-state index is 0.117. The highest BCUT2D eigenvalue weighted by Crippen LogP contribution is 2.17. The van der Waals surface area contributed by atoms with Crippen molar-refractivity contribution in [2.24, 2.45) is 10.2 Å². The molecule has 0 bridgehead atoms. The number of hydrogen-bond donors (Lipinski definition) is 3. The Labute approximate surface area is 227 Å². The number of nitrogens with one attached hydrogen (secondary N) is 2. The van der Waals surface area contributed by atoms with Gasteiger partial charge in [-0.05, 0) is 63.8 Å². The average molecular weight is 564 g/mol. The van der Waals surface area contributed by atoms with Crippen LogP contribution in [-0.4, -0.2) is 61.2 Å². The van der Waals surface area contributed by atoms with Crippen LogP contribution in [0, 0.1) is 0 Å². The summed E-state index contributed by atoms with van der Waals surface area (Å²) in [5.74, 6) is -0.986. The number of benzene rings is 1. The van der Waals surface area contributed by atoms with Crippen LogP contribution in [0.25, 0.3) is 0 Å². The number of carbonyl (C=O) groups excluding carboxylic acids is 3. The van der Waals surface area contributed by atoms with E-state index in [9.17, 15) is 27.4 Å². The molecule has 0 saturated heterocycles. The molecule has 13 nitrogen and oxygen atoms in total. The summed E-state index contributed by atoms with van der Waals surface area (Å²) in [4.78, 5) is 40.3. The van der Waals surface area contributed by atoms with Gasteiger partial charge in [-0.3, -0.25) is 9.35 Å². The molecule has 1 aromatic heterocycles. The van der Waals surface area contributed by atoms with Crippen molar-refractivity contribution in [3.63, 3.8) is 0 Å². The Morgan fingerprint density at radius 1 is 1.10 bits per heavy atom. The van der Waals surface area contributed by atoms with Crippen LogP contribution >= 0.6 is 0 Å². The number of ether oxygens (including phenoxy) is 2. The van der Waals surface area contributed by atoms with Crippen molar-refractivity contribution in [3.8, 4) is 0 Å². The van der Waals surface area contributed by atoms with Crippen molar-refractivity contribution in [3.05, 3.63) is 53.7 Å². The van der Waals surface area contributed by atoms with Gasteiger partial charge < -0.3 is 20.1 Å². The van der Waals surface area contributed by atoms with E-state index < -0.39 is 39.7 Å². The number of rotatable bonds is 12. The quantitative estimate of drug-likeness (QED) is 0.150. The molecule has 0 aliphatic rings. The van der Waals surface area contributed by atoms with Crippen LogP contribution in [-0.2, 0) is 30.9 Å². The predicted molar refractivity (Wildman–Crippen MR) is 140 cm³/mol. The minimum atomic E-state index is -4.40. The van der Waals surface area contributed by atoms with Crippen LogP contribution in [0.3, 0.4) is 0 Å². The molecular formula is C25H33N5O8S. The van der Waals surface area contributed by atoms with Crippen molar-refractivity contribution < 1.29 is 36.8 Å². The van der Waals surface area contributed by atoms with Crippen molar-refractivity contribution in [1.29, 1.82) is 0 Å². The highest BCUT2D eigenvalue weighted by atomic mass is 32.2. The van der Waals surface area contributed by atoms with E-state index in [1.807, 2.05) is 0 Å². The van der Waals surface area contributed by atoms with Gasteiger partial charge in [-0.15, -0.1) is 5.11 Å². The first-order valence-electron chi connectivity index (χ1n) is 12.0. The third-order valence-electron chi connectivity index (χ3n) is 5.05. The molecule has 2 rings (SSSR count). The van der Waals surface area contributed by atoms with Gasteiger partial charge in [0, 0.05) is 12.7 Å². The van der Waals surface area contributed by atoms with E-state index in [0.29, 0.717) is 25.8 Å². The molecular weight excluding hydrogens is 530 g/mol. The Kier molecular flexibility index (Phi) is 11.5. The molecule has 2 amide bonds. The summed E-state index contributed by atoms with van der Waals surface area (Å²) in [6.07, 6.45) is 2.10. The fourth-order valence-corrected chi connectivity index (χ4v) is 3.97. The summed E-state index contributed by atoms with van der Waals surface area (Å²) < 4.78 is 42.2. The topological polar surface area (TPSA) is 186 Å². The summed E-state index contributed by atoms with van der Waals surface area (Å²) in [7, 11) is -3.17. The molecule has 212 valence electrons. The number of amides is 2. The van der Waals surface area contributed by atoms with Crippen LogP contribution in [0.5, 0.6) is 0 Å². The van der Waals surface area contributed by atoms with Crippen LogP contribution in [0.1, 0.15) is 56.0 Å². The highest BCUT2D eigenvalue weighted by Gasteiger charge is 2.22. The monoisotopic (exact) mass is 563 g/mol. The molecule has 1 heterocycles. The number of carbonyl (C=O) groups is 3. The van der Waals surface area contributed by atoms with Gasteiger partial charge >= 0.3 is 12.1 Å². The molecule has 0 saturated carbocycles. The Hall–Kier alpha value is -3.91. The van der Waals surface area contributed by atoms with Crippen molar-refractivity contribution >= 4 is 33.9 Å². The molecule has 0 spiro atoms. The number of aromatic nitrogens is 1. The summed E-state index contributed by atoms with van der Waals surface area (Å²) in [5.41, 5.74) is -0.168. The molecule has 0 aliphatic carbocycles. The average Bonchev–Trinajstić information content (AvgIpc) is 2.86. The SMILES string of the molecule is COC(=O)C(CCCCNC(=O)OC(C)(C)C)NC(=O)c1ccc(N=NCc2ccccc2S(=O)(=O)O)nc1. The molecule has 14 heteroatoms. The summed E-state index contributed by atoms with van der Waals surface area (Å²) in [5, 5.41) is 13.1. The van der Waals surface area contributed by atoms with E-state index in [0.717, 1.165) is 0 Å². The van der Waals surface area contributed by atoms with E-state index in [4.69, 9.17) is 9.47 Å². The number of hydrogen-bond acceptors (Lipinski definition) is 10. The van der Waals surface area contributed by atoms with E-state index in [1.54, 1.807) is 26.8 Å². The second kappa shape index (κ2) is 14.3. The lowest BCUT2D eigenvalue weighted by Gasteiger charge is -2.20. The van der Waals surface area contributed by atoms with E-state index >= 15 is 0 Å². The maximum atomic E-state index is 12.7. The number of azo groups is 1. The molecule has 2 aromatic rings. The molecule has 0 radical (unpaired) electrons. The second-order valence-corrected chi connectivity index (χ2v) is 10.8. The van der Waals surface area contributed by atoms with Crippen molar-refractivity contribution in [2.45, 2.75) is 63.1 Å². The van der Waals surface area contributed by atoms with Gasteiger partial charge in [-0.1, -0.05) is 18.2 Å². The van der Waals surface area contributed by atoms with Crippen LogP contribution < -0.4 is 10.6 Å². The van der Waals surface area contributed by atoms with Crippen LogP contribution in [0.2, 0.25) is 0 Å². The fraction of sp³-hybridized carbons (Fsp3) is 0.440. The minimum Gasteiger partial charge on any atom is -0.467 e. The van der Waals surface area contributed by atoms with Crippen LogP contribution in [0.15, 0.2) is 57.7 Å². The van der Waals surface area contributed by atoms with E-state index in [1.165, 1.54) is 43.6 Å². The standard InChI is InChI=1S/C25H33N5O8S/c1-25(2,3)38-24(33)26-14-8-7-10-19(23(32)37-4)29-22(31)18-12-13-21(27-15-18)30-28-16-17-9-5-6-11-20(17)39(34,35)36/h5-6,9,11-13,15,19H,7-8,10,14,16H2,1-4H3,(H,26,33)(H,29,31)(H,34,35,36). The van der Waals surface area contributed by atoms with Gasteiger partial charge in [0.25, 0.3) is 16.0 Å². The van der Waals surface area contributed by atoms with Gasteiger partial charge in [-0.2, -0.15) is 13.5 Å². The Bertz CT molecular complexity index is 1270. The second-order valence-electron chi connectivity index (χ2n) is 9.36. The maximum Gasteiger partial charge on any atom is 0.407 e. The Morgan fingerprint density at radius 3 is 2.44 bits per heavy atom. The van der Waals surface area contributed by atoms with Gasteiger partial charge in [0.1, 0.15) is 11.6 Å². The third kappa shape index (κ3) is 11.2. The number of alkyl carbamates (subject to hydrolysis) is 1. The van der Waals surface area contributed by atoms with Crippen LogP contribution in [0.4, 0.5) is 10.6 Å². The van der Waals surface area contributed by atoms with E-state index in [-0.39, 0.29) is 28.4 Å². The summed E-state index contributed by atoms with van der Waals surface area (Å²) in [6.45, 7) is 5.52. The molecule has 39 heavy (non-hydrogen) atoms. The lowest BCUT2D eigenvalue weighted by Crippen LogP contribution is -2.41. The number of esters is 1. The van der Waals surface area contributed by atoms with Gasteiger partial charge in [0.15, 0.2) is 5.82 Å². The first kappa shape index (κ1) is 31.3. The maximum absolute atomic E-state index is 12.7. The molecule has 0 aliphatic heterocycles. The number of pyridine rings is 1. The molecule has 1 atom stereocenters. The summed E-state index contributed by atoms with van der Waals surface area (Å²) in [6, 6.07) is 7.82. The fourth-order valence-electron chi connectivity index (χ4n) is 3.26. The smallest absolute Gasteiger partial charge is 0.407 e. The first-order chi connectivity index (χ1) is 18.3. The number of methoxy groups -OCH3 is 1. The molecule has 1 aromatic carbocycles. The molecule has 0 fully saturated rings. The zero-order valence-corrected chi connectivity index (χ0v) is 23.0. The van der Waals surface area contributed by atoms with E-state index in [2.05, 4.69) is 25.8 Å². The highest BCUT2D eigenvalue weighted by molar-refractivity contribution is 7.85. The lowest BCUT2D eigenvalue weighted by atomic mass is 10.1. The van der Waals surface area contributed by atoms with Crippen molar-refractivity contribution in [2.75, 3.05) is 13.7 Å². The van der Waals surface area contributed by atoms with Gasteiger partial charge in [0.05, 0.1) is 24.1 Å². The zero-order valence-electron chi connectivity index (χ0n) is 22.2. The summed E-state index contributed by atoms with van der Waals surface area (Å²) >= 11 is 0. The molecule has 3 N–H and O–H groups in total. The Balaban J connectivity index is 1.90. The number of unbranched alkanes of at least 4 members (excludes halogenated alkanes) is 1. The molecule has 1 unspecified atom stereocenters. The number of nitrogens with zero attached hydrogens (tertiary/aromatic N) is 3. The lowest BCUT2D eigenvalue weighted by molar-refractivity contribution is -0.143. The zero-order chi connectivity index (χ0) is 29.1.